The molecule has 2 aromatic rings. The van der Waals surface area contributed by atoms with Crippen LogP contribution >= 0.6 is 0 Å². The molecule has 2 aromatic carbocycles. The van der Waals surface area contributed by atoms with Crippen molar-refractivity contribution in [2.75, 3.05) is 25.5 Å². The number of carbonyl (C=O) groups is 1. The highest BCUT2D eigenvalue weighted by molar-refractivity contribution is 5.89. The maximum absolute atomic E-state index is 12.1. The lowest BCUT2D eigenvalue weighted by Gasteiger charge is -2.30. The van der Waals surface area contributed by atoms with Crippen molar-refractivity contribution < 1.29 is 9.53 Å². The van der Waals surface area contributed by atoms with E-state index in [9.17, 15) is 4.79 Å². The molecule has 2 atom stereocenters. The summed E-state index contributed by atoms with van der Waals surface area (Å²) in [7, 11) is 1.61. The molecule has 2 amide bonds. The number of amides is 2. The van der Waals surface area contributed by atoms with Gasteiger partial charge in [-0.15, -0.1) is 0 Å². The Balaban J connectivity index is 1.44. The quantitative estimate of drug-likeness (QED) is 0.746. The van der Waals surface area contributed by atoms with Gasteiger partial charge < -0.3 is 20.7 Å². The van der Waals surface area contributed by atoms with Gasteiger partial charge in [-0.1, -0.05) is 36.4 Å². The van der Waals surface area contributed by atoms with Crippen LogP contribution in [0.15, 0.2) is 54.6 Å². The number of hydrogen-bond acceptors (Lipinski definition) is 3. The highest BCUT2D eigenvalue weighted by Gasteiger charge is 2.22. The second-order valence-electron chi connectivity index (χ2n) is 6.80. The topological polar surface area (TPSA) is 62.4 Å². The van der Waals surface area contributed by atoms with Crippen LogP contribution in [0.3, 0.4) is 0 Å². The zero-order valence-electron chi connectivity index (χ0n) is 15.2. The summed E-state index contributed by atoms with van der Waals surface area (Å²) in [6.07, 6.45) is 3.37. The molecule has 0 aliphatic carbocycles. The fourth-order valence-electron chi connectivity index (χ4n) is 3.48. The summed E-state index contributed by atoms with van der Waals surface area (Å²) in [6, 6.07) is 18.1. The molecular weight excluding hydrogens is 326 g/mol. The molecule has 3 N–H and O–H groups in total. The molecule has 3 rings (SSSR count). The molecule has 0 spiro atoms. The van der Waals surface area contributed by atoms with Gasteiger partial charge in [0.2, 0.25) is 0 Å². The van der Waals surface area contributed by atoms with Gasteiger partial charge in [-0.3, -0.25) is 0 Å². The van der Waals surface area contributed by atoms with Crippen LogP contribution in [0.1, 0.15) is 18.4 Å². The molecule has 0 saturated carbocycles. The van der Waals surface area contributed by atoms with Crippen molar-refractivity contribution in [3.63, 3.8) is 0 Å². The SMILES string of the molecule is COc1cccc(NC(=O)NC[C@H]2C[C@H](Cc3ccccc3)CCN2)c1. The summed E-state index contributed by atoms with van der Waals surface area (Å²) in [5.41, 5.74) is 2.11. The van der Waals surface area contributed by atoms with E-state index >= 15 is 0 Å². The molecule has 138 valence electrons. The van der Waals surface area contributed by atoms with E-state index in [1.54, 1.807) is 13.2 Å². The zero-order valence-corrected chi connectivity index (χ0v) is 15.2. The lowest BCUT2D eigenvalue weighted by molar-refractivity contribution is 0.246. The molecule has 1 saturated heterocycles. The molecule has 1 aliphatic heterocycles. The fraction of sp³-hybridized carbons (Fsp3) is 0.381. The number of carbonyl (C=O) groups excluding carboxylic acids is 1. The van der Waals surface area contributed by atoms with Crippen molar-refractivity contribution in [3.8, 4) is 5.75 Å². The van der Waals surface area contributed by atoms with Gasteiger partial charge in [0.25, 0.3) is 0 Å². The van der Waals surface area contributed by atoms with Crippen LogP contribution in [0.5, 0.6) is 5.75 Å². The molecule has 0 bridgehead atoms. The molecule has 5 heteroatoms. The van der Waals surface area contributed by atoms with E-state index in [1.807, 2.05) is 18.2 Å². The maximum Gasteiger partial charge on any atom is 0.319 e. The number of piperidine rings is 1. The van der Waals surface area contributed by atoms with Gasteiger partial charge >= 0.3 is 6.03 Å². The lowest BCUT2D eigenvalue weighted by Crippen LogP contribution is -2.47. The van der Waals surface area contributed by atoms with Gasteiger partial charge in [-0.2, -0.15) is 0 Å². The van der Waals surface area contributed by atoms with Crippen LogP contribution in [0.4, 0.5) is 10.5 Å². The molecule has 1 heterocycles. The highest BCUT2D eigenvalue weighted by atomic mass is 16.5. The van der Waals surface area contributed by atoms with Gasteiger partial charge in [-0.25, -0.2) is 4.79 Å². The van der Waals surface area contributed by atoms with Gasteiger partial charge in [0.15, 0.2) is 0 Å². The predicted octanol–water partition coefficient (Wildman–Crippen LogP) is 3.43. The molecule has 0 radical (unpaired) electrons. The number of nitrogens with one attached hydrogen (secondary N) is 3. The Morgan fingerprint density at radius 1 is 1.19 bits per heavy atom. The summed E-state index contributed by atoms with van der Waals surface area (Å²) in [5, 5.41) is 9.33. The molecule has 1 aliphatic rings. The minimum Gasteiger partial charge on any atom is -0.497 e. The minimum absolute atomic E-state index is 0.190. The van der Waals surface area contributed by atoms with E-state index in [0.717, 1.165) is 30.8 Å². The van der Waals surface area contributed by atoms with Crippen molar-refractivity contribution >= 4 is 11.7 Å². The van der Waals surface area contributed by atoms with Crippen LogP contribution in [-0.2, 0) is 6.42 Å². The smallest absolute Gasteiger partial charge is 0.319 e. The number of hydrogen-bond donors (Lipinski definition) is 3. The van der Waals surface area contributed by atoms with E-state index in [4.69, 9.17) is 4.74 Å². The first-order chi connectivity index (χ1) is 12.7. The van der Waals surface area contributed by atoms with E-state index < -0.39 is 0 Å². The first-order valence-corrected chi connectivity index (χ1v) is 9.19. The van der Waals surface area contributed by atoms with Crippen molar-refractivity contribution in [2.45, 2.75) is 25.3 Å². The van der Waals surface area contributed by atoms with Crippen molar-refractivity contribution in [1.82, 2.24) is 10.6 Å². The summed E-state index contributed by atoms with van der Waals surface area (Å²) in [4.78, 5) is 12.1. The van der Waals surface area contributed by atoms with Crippen molar-refractivity contribution in [2.24, 2.45) is 5.92 Å². The molecule has 26 heavy (non-hydrogen) atoms. The van der Waals surface area contributed by atoms with Gasteiger partial charge in [0.05, 0.1) is 7.11 Å². The minimum atomic E-state index is -0.190. The molecule has 0 unspecified atom stereocenters. The second kappa shape index (κ2) is 9.25. The first kappa shape index (κ1) is 18.3. The number of ether oxygens (including phenoxy) is 1. The third kappa shape index (κ3) is 5.49. The Hall–Kier alpha value is -2.53. The number of benzene rings is 2. The molecule has 0 aromatic heterocycles. The van der Waals surface area contributed by atoms with Crippen molar-refractivity contribution in [1.29, 1.82) is 0 Å². The predicted molar refractivity (Wildman–Crippen MR) is 105 cm³/mol. The maximum atomic E-state index is 12.1. The zero-order chi connectivity index (χ0) is 18.2. The Morgan fingerprint density at radius 2 is 2.04 bits per heavy atom. The third-order valence-electron chi connectivity index (χ3n) is 4.81. The van der Waals surface area contributed by atoms with E-state index in [-0.39, 0.29) is 6.03 Å². The average Bonchev–Trinajstić information content (AvgIpc) is 2.68. The normalized spacial score (nSPS) is 19.6. The average molecular weight is 353 g/mol. The Kier molecular flexibility index (Phi) is 6.50. The summed E-state index contributed by atoms with van der Waals surface area (Å²) in [6.45, 7) is 1.63. The van der Waals surface area contributed by atoms with E-state index in [1.165, 1.54) is 12.0 Å². The Morgan fingerprint density at radius 3 is 2.85 bits per heavy atom. The fourth-order valence-corrected chi connectivity index (χ4v) is 3.48. The summed E-state index contributed by atoms with van der Waals surface area (Å²) in [5.74, 6) is 1.38. The second-order valence-corrected chi connectivity index (χ2v) is 6.80. The number of anilines is 1. The van der Waals surface area contributed by atoms with Crippen LogP contribution < -0.4 is 20.7 Å². The van der Waals surface area contributed by atoms with Crippen LogP contribution in [-0.4, -0.2) is 32.3 Å². The number of methoxy groups -OCH3 is 1. The lowest BCUT2D eigenvalue weighted by atomic mass is 9.87. The van der Waals surface area contributed by atoms with Gasteiger partial charge in [0.1, 0.15) is 5.75 Å². The highest BCUT2D eigenvalue weighted by Crippen LogP contribution is 2.21. The Bertz CT molecular complexity index is 705. The number of rotatable bonds is 6. The van der Waals surface area contributed by atoms with E-state index in [2.05, 4.69) is 46.3 Å². The van der Waals surface area contributed by atoms with Gasteiger partial charge in [0, 0.05) is 24.3 Å². The van der Waals surface area contributed by atoms with Crippen LogP contribution in [0.25, 0.3) is 0 Å². The monoisotopic (exact) mass is 353 g/mol. The van der Waals surface area contributed by atoms with E-state index in [0.29, 0.717) is 18.5 Å². The van der Waals surface area contributed by atoms with Crippen molar-refractivity contribution in [3.05, 3.63) is 60.2 Å². The van der Waals surface area contributed by atoms with Gasteiger partial charge in [-0.05, 0) is 49.4 Å². The third-order valence-corrected chi connectivity index (χ3v) is 4.81. The molecular formula is C21H27N3O2. The standard InChI is InChI=1S/C21H27N3O2/c1-26-20-9-5-8-18(14-20)24-21(25)23-15-19-13-17(10-11-22-19)12-16-6-3-2-4-7-16/h2-9,14,17,19,22H,10-13,15H2,1H3,(H2,23,24,25)/t17-,19+/m0/s1. The van der Waals surface area contributed by atoms with Crippen LogP contribution in [0, 0.1) is 5.92 Å². The summed E-state index contributed by atoms with van der Waals surface area (Å²) >= 11 is 0. The first-order valence-electron chi connectivity index (χ1n) is 9.19. The van der Waals surface area contributed by atoms with Crippen LogP contribution in [0.2, 0.25) is 0 Å². The largest absolute Gasteiger partial charge is 0.497 e. The Labute approximate surface area is 155 Å². The molecule has 1 fully saturated rings. The number of urea groups is 1. The molecule has 5 nitrogen and oxygen atoms in total. The summed E-state index contributed by atoms with van der Waals surface area (Å²) < 4.78 is 5.17.